The molecule has 2 aromatic rings. The molecule has 3 nitrogen and oxygen atoms in total. The summed E-state index contributed by atoms with van der Waals surface area (Å²) in [6.07, 6.45) is 1.19. The lowest BCUT2D eigenvalue weighted by atomic mass is 9.86. The number of hydrogen-bond donors (Lipinski definition) is 0. The van der Waals surface area contributed by atoms with Gasteiger partial charge in [-0.2, -0.15) is 0 Å². The highest BCUT2D eigenvalue weighted by Gasteiger charge is 2.23. The molecular formula is C22H28N2O. The van der Waals surface area contributed by atoms with Crippen molar-refractivity contribution in [2.24, 2.45) is 0 Å². The average Bonchev–Trinajstić information content (AvgIpc) is 2.81. The fraction of sp³-hybridized carbons (Fsp3) is 0.455. The number of nitrogens with zero attached hydrogens (tertiary/aromatic N) is 2. The molecule has 1 unspecified atom stereocenters. The van der Waals surface area contributed by atoms with Gasteiger partial charge in [-0.05, 0) is 42.3 Å². The Morgan fingerprint density at radius 2 is 1.80 bits per heavy atom. The summed E-state index contributed by atoms with van der Waals surface area (Å²) >= 11 is 0. The maximum absolute atomic E-state index is 5.47. The Bertz CT molecular complexity index is 694. The summed E-state index contributed by atoms with van der Waals surface area (Å²) in [6.45, 7) is 7.06. The first kappa shape index (κ1) is 16.8. The lowest BCUT2D eigenvalue weighted by Gasteiger charge is -2.27. The van der Waals surface area contributed by atoms with Gasteiger partial charge in [-0.25, -0.2) is 0 Å². The lowest BCUT2D eigenvalue weighted by molar-refractivity contribution is 0.0342. The SMILES string of the molecule is CN1CCC(c2ccccc2)c2ccc(CN3CCOCC3)cc2C1. The zero-order valence-corrected chi connectivity index (χ0v) is 15.2. The third-order valence-electron chi connectivity index (χ3n) is 5.53. The molecular weight excluding hydrogens is 308 g/mol. The predicted octanol–water partition coefficient (Wildman–Crippen LogP) is 3.49. The second-order valence-electron chi connectivity index (χ2n) is 7.41. The van der Waals surface area contributed by atoms with Crippen LogP contribution in [0.2, 0.25) is 0 Å². The van der Waals surface area contributed by atoms with Gasteiger partial charge in [0.25, 0.3) is 0 Å². The van der Waals surface area contributed by atoms with Gasteiger partial charge in [-0.1, -0.05) is 48.5 Å². The molecule has 1 saturated heterocycles. The zero-order chi connectivity index (χ0) is 17.1. The molecule has 132 valence electrons. The molecule has 3 heteroatoms. The average molecular weight is 336 g/mol. The van der Waals surface area contributed by atoms with Gasteiger partial charge in [-0.3, -0.25) is 4.90 Å². The third-order valence-corrected chi connectivity index (χ3v) is 5.53. The maximum Gasteiger partial charge on any atom is 0.0594 e. The second kappa shape index (κ2) is 7.69. The Morgan fingerprint density at radius 1 is 1.00 bits per heavy atom. The molecule has 0 aliphatic carbocycles. The normalized spacial score (nSPS) is 22.4. The van der Waals surface area contributed by atoms with Crippen LogP contribution in [0.4, 0.5) is 0 Å². The van der Waals surface area contributed by atoms with Crippen LogP contribution in [-0.2, 0) is 17.8 Å². The highest BCUT2D eigenvalue weighted by Crippen LogP contribution is 2.34. The zero-order valence-electron chi connectivity index (χ0n) is 15.2. The molecule has 0 N–H and O–H groups in total. The predicted molar refractivity (Wildman–Crippen MR) is 102 cm³/mol. The van der Waals surface area contributed by atoms with Crippen LogP contribution in [0.25, 0.3) is 0 Å². The van der Waals surface area contributed by atoms with E-state index in [0.717, 1.165) is 45.9 Å². The molecule has 0 radical (unpaired) electrons. The first-order valence-corrected chi connectivity index (χ1v) is 9.45. The van der Waals surface area contributed by atoms with Gasteiger partial charge in [0, 0.05) is 32.1 Å². The largest absolute Gasteiger partial charge is 0.379 e. The minimum Gasteiger partial charge on any atom is -0.379 e. The summed E-state index contributed by atoms with van der Waals surface area (Å²) in [6, 6.07) is 18.2. The Kier molecular flexibility index (Phi) is 5.16. The van der Waals surface area contributed by atoms with Crippen LogP contribution < -0.4 is 0 Å². The van der Waals surface area contributed by atoms with Crippen molar-refractivity contribution < 1.29 is 4.74 Å². The number of fused-ring (bicyclic) bond motifs is 1. The molecule has 2 aromatic carbocycles. The molecule has 0 aromatic heterocycles. The summed E-state index contributed by atoms with van der Waals surface area (Å²) < 4.78 is 5.47. The van der Waals surface area contributed by atoms with E-state index in [-0.39, 0.29) is 0 Å². The van der Waals surface area contributed by atoms with Crippen LogP contribution >= 0.6 is 0 Å². The van der Waals surface area contributed by atoms with Crippen molar-refractivity contribution in [1.82, 2.24) is 9.80 Å². The third kappa shape index (κ3) is 3.95. The van der Waals surface area contributed by atoms with Crippen LogP contribution in [0.1, 0.15) is 34.6 Å². The maximum atomic E-state index is 5.47. The van der Waals surface area contributed by atoms with Gasteiger partial charge in [0.1, 0.15) is 0 Å². The molecule has 0 saturated carbocycles. The van der Waals surface area contributed by atoms with Crippen molar-refractivity contribution in [3.05, 3.63) is 70.8 Å². The molecule has 25 heavy (non-hydrogen) atoms. The molecule has 0 amide bonds. The van der Waals surface area contributed by atoms with Gasteiger partial charge in [-0.15, -0.1) is 0 Å². The van der Waals surface area contributed by atoms with Crippen molar-refractivity contribution in [2.75, 3.05) is 39.9 Å². The van der Waals surface area contributed by atoms with Crippen LogP contribution in [0, 0.1) is 0 Å². The number of rotatable bonds is 3. The lowest BCUT2D eigenvalue weighted by Crippen LogP contribution is -2.35. The number of morpholine rings is 1. The summed E-state index contributed by atoms with van der Waals surface area (Å²) in [5.74, 6) is 0.513. The topological polar surface area (TPSA) is 15.7 Å². The van der Waals surface area contributed by atoms with Gasteiger partial charge in [0.2, 0.25) is 0 Å². The minimum absolute atomic E-state index is 0.513. The van der Waals surface area contributed by atoms with Crippen molar-refractivity contribution in [3.8, 4) is 0 Å². The van der Waals surface area contributed by atoms with E-state index in [1.54, 1.807) is 0 Å². The second-order valence-corrected chi connectivity index (χ2v) is 7.41. The van der Waals surface area contributed by atoms with Crippen LogP contribution in [0.3, 0.4) is 0 Å². The van der Waals surface area contributed by atoms with Gasteiger partial charge in [0.05, 0.1) is 13.2 Å². The number of benzene rings is 2. The molecule has 2 heterocycles. The Hall–Kier alpha value is -1.68. The quantitative estimate of drug-likeness (QED) is 0.853. The van der Waals surface area contributed by atoms with Crippen LogP contribution in [-0.4, -0.2) is 49.7 Å². The molecule has 4 rings (SSSR count). The van der Waals surface area contributed by atoms with E-state index in [9.17, 15) is 0 Å². The van der Waals surface area contributed by atoms with Crippen molar-refractivity contribution >= 4 is 0 Å². The molecule has 1 fully saturated rings. The molecule has 2 aliphatic rings. The smallest absolute Gasteiger partial charge is 0.0594 e. The monoisotopic (exact) mass is 336 g/mol. The fourth-order valence-corrected chi connectivity index (χ4v) is 4.16. The van der Waals surface area contributed by atoms with Gasteiger partial charge in [0.15, 0.2) is 0 Å². The van der Waals surface area contributed by atoms with Crippen molar-refractivity contribution in [1.29, 1.82) is 0 Å². The first-order chi connectivity index (χ1) is 12.3. The van der Waals surface area contributed by atoms with Gasteiger partial charge >= 0.3 is 0 Å². The van der Waals surface area contributed by atoms with E-state index in [0.29, 0.717) is 5.92 Å². The van der Waals surface area contributed by atoms with Crippen molar-refractivity contribution in [2.45, 2.75) is 25.4 Å². The number of ether oxygens (including phenoxy) is 1. The number of hydrogen-bond acceptors (Lipinski definition) is 3. The highest BCUT2D eigenvalue weighted by molar-refractivity contribution is 5.41. The first-order valence-electron chi connectivity index (χ1n) is 9.45. The van der Waals surface area contributed by atoms with E-state index in [1.807, 2.05) is 0 Å². The Balaban J connectivity index is 1.62. The highest BCUT2D eigenvalue weighted by atomic mass is 16.5. The van der Waals surface area contributed by atoms with E-state index in [2.05, 4.69) is 65.4 Å². The standard InChI is InChI=1S/C22H28N2O/c1-23-10-9-22(19-5-3-2-4-6-19)21-8-7-18(15-20(21)17-23)16-24-11-13-25-14-12-24/h2-8,15,22H,9-14,16-17H2,1H3. The summed E-state index contributed by atoms with van der Waals surface area (Å²) in [5.41, 5.74) is 5.89. The summed E-state index contributed by atoms with van der Waals surface area (Å²) in [5, 5.41) is 0. The molecule has 1 atom stereocenters. The Labute approximate surface area is 151 Å². The molecule has 2 aliphatic heterocycles. The summed E-state index contributed by atoms with van der Waals surface area (Å²) in [7, 11) is 2.24. The minimum atomic E-state index is 0.513. The van der Waals surface area contributed by atoms with E-state index in [4.69, 9.17) is 4.74 Å². The Morgan fingerprint density at radius 3 is 2.60 bits per heavy atom. The van der Waals surface area contributed by atoms with Crippen molar-refractivity contribution in [3.63, 3.8) is 0 Å². The fourth-order valence-electron chi connectivity index (χ4n) is 4.16. The van der Waals surface area contributed by atoms with Crippen LogP contribution in [0.5, 0.6) is 0 Å². The van der Waals surface area contributed by atoms with Crippen LogP contribution in [0.15, 0.2) is 48.5 Å². The molecule has 0 bridgehead atoms. The van der Waals surface area contributed by atoms with Gasteiger partial charge < -0.3 is 9.64 Å². The van der Waals surface area contributed by atoms with E-state index >= 15 is 0 Å². The molecule has 0 spiro atoms. The van der Waals surface area contributed by atoms with E-state index < -0.39 is 0 Å². The summed E-state index contributed by atoms with van der Waals surface area (Å²) in [4.78, 5) is 4.96. The van der Waals surface area contributed by atoms with E-state index in [1.165, 1.54) is 28.7 Å².